The molecule has 2 aromatic rings. The first-order chi connectivity index (χ1) is 9.52. The van der Waals surface area contributed by atoms with Gasteiger partial charge in [-0.15, -0.1) is 0 Å². The van der Waals surface area contributed by atoms with E-state index in [1.165, 1.54) is 6.07 Å². The van der Waals surface area contributed by atoms with Crippen molar-refractivity contribution in [3.8, 4) is 5.75 Å². The molecule has 0 amide bonds. The predicted octanol–water partition coefficient (Wildman–Crippen LogP) is 4.62. The van der Waals surface area contributed by atoms with Crippen LogP contribution in [0.4, 0.5) is 4.39 Å². The maximum Gasteiger partial charge on any atom is 0.131 e. The Labute approximate surface area is 130 Å². The minimum atomic E-state index is -0.405. The average Bonchev–Trinajstić information content (AvgIpc) is 2.39. The number of benzene rings is 2. The molecule has 0 aliphatic carbocycles. The molecular formula is C15H13BrClFO2. The Hall–Kier alpha value is -1.10. The second-order valence-electron chi connectivity index (χ2n) is 4.36. The summed E-state index contributed by atoms with van der Waals surface area (Å²) in [5.74, 6) is 0.146. The predicted molar refractivity (Wildman–Crippen MR) is 80.5 cm³/mol. The molecule has 2 nitrogen and oxygen atoms in total. The van der Waals surface area contributed by atoms with Crippen LogP contribution in [-0.4, -0.2) is 5.11 Å². The van der Waals surface area contributed by atoms with E-state index in [1.807, 2.05) is 13.0 Å². The lowest BCUT2D eigenvalue weighted by molar-refractivity contribution is 0.256. The lowest BCUT2D eigenvalue weighted by atomic mass is 10.1. The molecule has 0 aromatic heterocycles. The van der Waals surface area contributed by atoms with E-state index in [2.05, 4.69) is 15.9 Å². The van der Waals surface area contributed by atoms with Crippen LogP contribution in [0.5, 0.6) is 5.75 Å². The number of ether oxygens (including phenoxy) is 1. The van der Waals surface area contributed by atoms with Gasteiger partial charge in [0.1, 0.15) is 18.2 Å². The summed E-state index contributed by atoms with van der Waals surface area (Å²) in [5.41, 5.74) is 1.81. The molecule has 0 heterocycles. The van der Waals surface area contributed by atoms with Gasteiger partial charge in [0.2, 0.25) is 0 Å². The third-order valence-corrected chi connectivity index (χ3v) is 3.72. The van der Waals surface area contributed by atoms with Crippen molar-refractivity contribution in [3.63, 3.8) is 0 Å². The smallest absolute Gasteiger partial charge is 0.131 e. The molecule has 0 atom stereocenters. The molecule has 0 saturated heterocycles. The Bertz CT molecular complexity index is 611. The molecule has 0 spiro atoms. The number of aliphatic hydroxyl groups excluding tert-OH is 1. The Balaban J connectivity index is 2.27. The van der Waals surface area contributed by atoms with Crippen molar-refractivity contribution in [1.82, 2.24) is 0 Å². The molecule has 2 aromatic carbocycles. The van der Waals surface area contributed by atoms with Gasteiger partial charge in [0.15, 0.2) is 0 Å². The second-order valence-corrected chi connectivity index (χ2v) is 5.68. The zero-order valence-corrected chi connectivity index (χ0v) is 13.1. The molecule has 1 N–H and O–H groups in total. The largest absolute Gasteiger partial charge is 0.488 e. The molecule has 0 fully saturated rings. The highest BCUT2D eigenvalue weighted by Crippen LogP contribution is 2.30. The van der Waals surface area contributed by atoms with E-state index >= 15 is 0 Å². The van der Waals surface area contributed by atoms with Crippen LogP contribution in [0.15, 0.2) is 34.8 Å². The first kappa shape index (κ1) is 15.3. The first-order valence-electron chi connectivity index (χ1n) is 5.98. The maximum absolute atomic E-state index is 13.7. The fourth-order valence-electron chi connectivity index (χ4n) is 1.94. The molecule has 20 heavy (non-hydrogen) atoms. The summed E-state index contributed by atoms with van der Waals surface area (Å²) in [6.45, 7) is 1.73. The van der Waals surface area contributed by atoms with Crippen LogP contribution in [0, 0.1) is 12.7 Å². The number of hydrogen-bond acceptors (Lipinski definition) is 2. The molecule has 0 aliphatic rings. The quantitative estimate of drug-likeness (QED) is 0.863. The van der Waals surface area contributed by atoms with Gasteiger partial charge in [-0.3, -0.25) is 0 Å². The van der Waals surface area contributed by atoms with Crippen LogP contribution in [-0.2, 0) is 13.2 Å². The van der Waals surface area contributed by atoms with Crippen LogP contribution in [0.2, 0.25) is 5.02 Å². The molecule has 0 radical (unpaired) electrons. The molecule has 5 heteroatoms. The van der Waals surface area contributed by atoms with Crippen molar-refractivity contribution in [2.45, 2.75) is 20.1 Å². The number of aryl methyl sites for hydroxylation is 1. The van der Waals surface area contributed by atoms with Gasteiger partial charge in [0.05, 0.1) is 11.6 Å². The van der Waals surface area contributed by atoms with Crippen LogP contribution in [0.25, 0.3) is 0 Å². The SMILES string of the molecule is Cc1cc(Br)cc(CO)c1OCc1c(F)cccc1Cl. The summed E-state index contributed by atoms with van der Waals surface area (Å²) in [7, 11) is 0. The Morgan fingerprint density at radius 1 is 1.35 bits per heavy atom. The fourth-order valence-corrected chi connectivity index (χ4v) is 2.78. The lowest BCUT2D eigenvalue weighted by Crippen LogP contribution is -2.03. The van der Waals surface area contributed by atoms with Gasteiger partial charge in [-0.2, -0.15) is 0 Å². The summed E-state index contributed by atoms with van der Waals surface area (Å²) in [6, 6.07) is 8.14. The highest BCUT2D eigenvalue weighted by Gasteiger charge is 2.12. The van der Waals surface area contributed by atoms with E-state index in [1.54, 1.807) is 18.2 Å². The van der Waals surface area contributed by atoms with Crippen molar-refractivity contribution in [2.24, 2.45) is 0 Å². The van der Waals surface area contributed by atoms with Gasteiger partial charge in [-0.25, -0.2) is 4.39 Å². The van der Waals surface area contributed by atoms with Crippen molar-refractivity contribution < 1.29 is 14.2 Å². The van der Waals surface area contributed by atoms with Gasteiger partial charge in [0, 0.05) is 15.6 Å². The average molecular weight is 360 g/mol. The van der Waals surface area contributed by atoms with E-state index in [0.29, 0.717) is 21.9 Å². The van der Waals surface area contributed by atoms with Gasteiger partial charge in [0.25, 0.3) is 0 Å². The van der Waals surface area contributed by atoms with E-state index in [9.17, 15) is 9.50 Å². The third-order valence-electron chi connectivity index (χ3n) is 2.91. The highest BCUT2D eigenvalue weighted by atomic mass is 79.9. The Morgan fingerprint density at radius 2 is 2.10 bits per heavy atom. The van der Waals surface area contributed by atoms with Crippen LogP contribution in [0.1, 0.15) is 16.7 Å². The summed E-state index contributed by atoms with van der Waals surface area (Å²) < 4.78 is 20.2. The third kappa shape index (κ3) is 3.32. The second kappa shape index (κ2) is 6.57. The number of hydrogen-bond donors (Lipinski definition) is 1. The van der Waals surface area contributed by atoms with Crippen molar-refractivity contribution in [2.75, 3.05) is 0 Å². The molecule has 0 saturated carbocycles. The van der Waals surface area contributed by atoms with E-state index < -0.39 is 5.82 Å². The number of rotatable bonds is 4. The lowest BCUT2D eigenvalue weighted by Gasteiger charge is -2.14. The zero-order chi connectivity index (χ0) is 14.7. The minimum Gasteiger partial charge on any atom is -0.488 e. The van der Waals surface area contributed by atoms with E-state index in [-0.39, 0.29) is 13.2 Å². The molecule has 0 bridgehead atoms. The molecular weight excluding hydrogens is 347 g/mol. The topological polar surface area (TPSA) is 29.5 Å². The number of aliphatic hydroxyl groups is 1. The van der Waals surface area contributed by atoms with Crippen molar-refractivity contribution in [1.29, 1.82) is 0 Å². The Kier molecular flexibility index (Phi) is 5.02. The highest BCUT2D eigenvalue weighted by molar-refractivity contribution is 9.10. The summed E-state index contributed by atoms with van der Waals surface area (Å²) in [6.07, 6.45) is 0. The van der Waals surface area contributed by atoms with E-state index in [0.717, 1.165) is 10.0 Å². The van der Waals surface area contributed by atoms with Crippen LogP contribution >= 0.6 is 27.5 Å². The van der Waals surface area contributed by atoms with Crippen molar-refractivity contribution >= 4 is 27.5 Å². The monoisotopic (exact) mass is 358 g/mol. The van der Waals surface area contributed by atoms with Gasteiger partial charge in [-0.05, 0) is 36.8 Å². The Morgan fingerprint density at radius 3 is 2.75 bits per heavy atom. The molecule has 106 valence electrons. The summed E-state index contributed by atoms with van der Waals surface area (Å²) in [4.78, 5) is 0. The maximum atomic E-state index is 13.7. The molecule has 2 rings (SSSR count). The molecule has 0 aliphatic heterocycles. The standard InChI is InChI=1S/C15H13BrClFO2/c1-9-5-11(16)6-10(7-19)15(9)20-8-12-13(17)3-2-4-14(12)18/h2-6,19H,7-8H2,1H3. The van der Waals surface area contributed by atoms with Gasteiger partial charge >= 0.3 is 0 Å². The van der Waals surface area contributed by atoms with Crippen LogP contribution < -0.4 is 4.74 Å². The van der Waals surface area contributed by atoms with Gasteiger partial charge in [-0.1, -0.05) is 33.6 Å². The van der Waals surface area contributed by atoms with Gasteiger partial charge < -0.3 is 9.84 Å². The van der Waals surface area contributed by atoms with Crippen molar-refractivity contribution in [3.05, 3.63) is 62.3 Å². The zero-order valence-electron chi connectivity index (χ0n) is 10.8. The first-order valence-corrected chi connectivity index (χ1v) is 7.15. The normalized spacial score (nSPS) is 10.7. The minimum absolute atomic E-state index is 0.0149. The fraction of sp³-hybridized carbons (Fsp3) is 0.200. The number of halogens is 3. The van der Waals surface area contributed by atoms with Crippen LogP contribution in [0.3, 0.4) is 0 Å². The van der Waals surface area contributed by atoms with E-state index in [4.69, 9.17) is 16.3 Å². The summed E-state index contributed by atoms with van der Waals surface area (Å²) >= 11 is 9.32. The molecule has 0 unspecified atom stereocenters. The summed E-state index contributed by atoms with van der Waals surface area (Å²) in [5, 5.41) is 9.70.